The van der Waals surface area contributed by atoms with Gasteiger partial charge in [-0.05, 0) is 0 Å². The summed E-state index contributed by atoms with van der Waals surface area (Å²) < 4.78 is 4.67. The first kappa shape index (κ1) is 6.88. The second kappa shape index (κ2) is 4.05. The summed E-state index contributed by atoms with van der Waals surface area (Å²) in [4.78, 5) is 0. The van der Waals surface area contributed by atoms with Gasteiger partial charge in [-0.25, -0.2) is 0 Å². The Morgan fingerprint density at radius 1 is 1.86 bits per heavy atom. The van der Waals surface area contributed by atoms with Crippen LogP contribution in [-0.2, 0) is 4.74 Å². The number of aliphatic hydroxyl groups excluding tert-OH is 1. The lowest BCUT2D eigenvalue weighted by atomic mass is 10.4. The van der Waals surface area contributed by atoms with E-state index >= 15 is 0 Å². The van der Waals surface area contributed by atoms with E-state index in [-0.39, 0.29) is 12.7 Å². The fraction of sp³-hybridized carbons (Fsp3) is 1.00. The third-order valence-electron chi connectivity index (χ3n) is 0.800. The molecule has 0 amide bonds. The first-order chi connectivity index (χ1) is 3.35. The third kappa shape index (κ3) is 2.56. The molecule has 0 radical (unpaired) electrons. The zero-order chi connectivity index (χ0) is 5.70. The van der Waals surface area contributed by atoms with Crippen LogP contribution in [0.25, 0.3) is 0 Å². The van der Waals surface area contributed by atoms with Crippen LogP contribution < -0.4 is 5.73 Å². The highest BCUT2D eigenvalue weighted by molar-refractivity contribution is 4.52. The van der Waals surface area contributed by atoms with E-state index in [1.54, 1.807) is 0 Å². The van der Waals surface area contributed by atoms with Crippen LogP contribution in [-0.4, -0.2) is 31.5 Å². The molecule has 1 atom stereocenters. The summed E-state index contributed by atoms with van der Waals surface area (Å²) in [6, 6.07) is 0. The molecule has 44 valence electrons. The average Bonchev–Trinajstić information content (AvgIpc) is 1.72. The van der Waals surface area contributed by atoms with E-state index in [0.29, 0.717) is 6.54 Å². The lowest BCUT2D eigenvalue weighted by Crippen LogP contribution is -2.25. The number of nitrogens with two attached hydrogens (primary N) is 1. The zero-order valence-corrected chi connectivity index (χ0v) is 4.42. The van der Waals surface area contributed by atoms with Gasteiger partial charge in [-0.2, -0.15) is 0 Å². The van der Waals surface area contributed by atoms with E-state index in [9.17, 15) is 0 Å². The van der Waals surface area contributed by atoms with Gasteiger partial charge < -0.3 is 15.6 Å². The highest BCUT2D eigenvalue weighted by atomic mass is 16.5. The van der Waals surface area contributed by atoms with Gasteiger partial charge in [-0.15, -0.1) is 0 Å². The Labute approximate surface area is 43.1 Å². The van der Waals surface area contributed by atoms with Crippen LogP contribution in [0.4, 0.5) is 0 Å². The maximum absolute atomic E-state index is 8.32. The predicted octanol–water partition coefficient (Wildman–Crippen LogP) is -1.05. The van der Waals surface area contributed by atoms with Crippen molar-refractivity contribution in [2.45, 2.75) is 6.10 Å². The molecule has 0 aromatic carbocycles. The van der Waals surface area contributed by atoms with Gasteiger partial charge in [0, 0.05) is 13.7 Å². The molecule has 3 heteroatoms. The van der Waals surface area contributed by atoms with Gasteiger partial charge in [0.25, 0.3) is 0 Å². The maximum atomic E-state index is 8.32. The Hall–Kier alpha value is -0.120. The summed E-state index contributed by atoms with van der Waals surface area (Å²) in [6.45, 7) is 0.389. The van der Waals surface area contributed by atoms with Crippen molar-refractivity contribution in [3.05, 3.63) is 0 Å². The molecule has 3 nitrogen and oxygen atoms in total. The Morgan fingerprint density at radius 3 is 2.43 bits per heavy atom. The number of ether oxygens (including phenoxy) is 1. The number of rotatable bonds is 3. The molecule has 0 rings (SSSR count). The van der Waals surface area contributed by atoms with Crippen molar-refractivity contribution in [2.24, 2.45) is 5.73 Å². The van der Waals surface area contributed by atoms with Crippen LogP contribution in [0.2, 0.25) is 0 Å². The fourth-order valence-electron chi connectivity index (χ4n) is 0.245. The van der Waals surface area contributed by atoms with Crippen molar-refractivity contribution in [1.82, 2.24) is 0 Å². The Balaban J connectivity index is 2.99. The van der Waals surface area contributed by atoms with Gasteiger partial charge in [0.1, 0.15) is 0 Å². The standard InChI is InChI=1S/C4H11NO2/c1-7-4(2-5)3-6/h4,6H,2-3,5H2,1H3. The first-order valence-electron chi connectivity index (χ1n) is 2.18. The van der Waals surface area contributed by atoms with E-state index in [0.717, 1.165) is 0 Å². The van der Waals surface area contributed by atoms with Crippen LogP contribution in [0.5, 0.6) is 0 Å². The molecule has 0 aliphatic carbocycles. The minimum atomic E-state index is -0.181. The fourth-order valence-corrected chi connectivity index (χ4v) is 0.245. The van der Waals surface area contributed by atoms with Gasteiger partial charge in [-0.1, -0.05) is 0 Å². The lowest BCUT2D eigenvalue weighted by molar-refractivity contribution is 0.0553. The van der Waals surface area contributed by atoms with Gasteiger partial charge in [0.15, 0.2) is 0 Å². The molecule has 0 aliphatic rings. The van der Waals surface area contributed by atoms with Crippen molar-refractivity contribution in [3.8, 4) is 0 Å². The van der Waals surface area contributed by atoms with Crippen molar-refractivity contribution in [1.29, 1.82) is 0 Å². The lowest BCUT2D eigenvalue weighted by Gasteiger charge is -2.06. The van der Waals surface area contributed by atoms with E-state index < -0.39 is 0 Å². The summed E-state index contributed by atoms with van der Waals surface area (Å²) in [5, 5.41) is 8.32. The van der Waals surface area contributed by atoms with Crippen molar-refractivity contribution in [3.63, 3.8) is 0 Å². The average molecular weight is 105 g/mol. The molecule has 0 aromatic rings. The summed E-state index contributed by atoms with van der Waals surface area (Å²) in [5.41, 5.74) is 5.11. The summed E-state index contributed by atoms with van der Waals surface area (Å²) >= 11 is 0. The molecule has 0 aromatic heterocycles. The van der Waals surface area contributed by atoms with E-state index in [2.05, 4.69) is 4.74 Å². The molecule has 0 fully saturated rings. The number of hydrogen-bond acceptors (Lipinski definition) is 3. The molecule has 0 spiro atoms. The van der Waals surface area contributed by atoms with E-state index in [4.69, 9.17) is 10.8 Å². The summed E-state index contributed by atoms with van der Waals surface area (Å²) in [7, 11) is 1.52. The Kier molecular flexibility index (Phi) is 3.98. The summed E-state index contributed by atoms with van der Waals surface area (Å²) in [6.07, 6.45) is -0.181. The molecule has 1 unspecified atom stereocenters. The zero-order valence-electron chi connectivity index (χ0n) is 4.42. The number of hydrogen-bond donors (Lipinski definition) is 2. The van der Waals surface area contributed by atoms with Gasteiger partial charge >= 0.3 is 0 Å². The van der Waals surface area contributed by atoms with Gasteiger partial charge in [0.2, 0.25) is 0 Å². The maximum Gasteiger partial charge on any atom is 0.0923 e. The minimum Gasteiger partial charge on any atom is -0.394 e. The van der Waals surface area contributed by atoms with Crippen molar-refractivity contribution in [2.75, 3.05) is 20.3 Å². The first-order valence-corrected chi connectivity index (χ1v) is 2.18. The monoisotopic (exact) mass is 105 g/mol. The molecule has 0 saturated heterocycles. The molecule has 7 heavy (non-hydrogen) atoms. The number of aliphatic hydroxyl groups is 1. The summed E-state index contributed by atoms with van der Waals surface area (Å²) in [5.74, 6) is 0. The second-order valence-electron chi connectivity index (χ2n) is 1.28. The smallest absolute Gasteiger partial charge is 0.0923 e. The van der Waals surface area contributed by atoms with Crippen LogP contribution in [0.3, 0.4) is 0 Å². The Bertz CT molecular complexity index is 31.2. The highest BCUT2D eigenvalue weighted by Gasteiger charge is 1.98. The SMILES string of the molecule is COC(CN)CO. The topological polar surface area (TPSA) is 55.5 Å². The molecular formula is C4H11NO2. The Morgan fingerprint density at radius 2 is 2.43 bits per heavy atom. The largest absolute Gasteiger partial charge is 0.394 e. The third-order valence-corrected chi connectivity index (χ3v) is 0.800. The molecule has 3 N–H and O–H groups in total. The number of methoxy groups -OCH3 is 1. The molecule has 0 saturated carbocycles. The quantitative estimate of drug-likeness (QED) is 0.481. The van der Waals surface area contributed by atoms with Crippen LogP contribution >= 0.6 is 0 Å². The normalized spacial score (nSPS) is 14.1. The van der Waals surface area contributed by atoms with E-state index in [1.165, 1.54) is 7.11 Å². The van der Waals surface area contributed by atoms with Crippen molar-refractivity contribution < 1.29 is 9.84 Å². The van der Waals surface area contributed by atoms with Crippen LogP contribution in [0.15, 0.2) is 0 Å². The molecule has 0 heterocycles. The minimum absolute atomic E-state index is 0.00694. The predicted molar refractivity (Wildman–Crippen MR) is 26.9 cm³/mol. The van der Waals surface area contributed by atoms with Gasteiger partial charge in [-0.3, -0.25) is 0 Å². The van der Waals surface area contributed by atoms with E-state index in [1.807, 2.05) is 0 Å². The van der Waals surface area contributed by atoms with Crippen LogP contribution in [0, 0.1) is 0 Å². The van der Waals surface area contributed by atoms with Crippen molar-refractivity contribution >= 4 is 0 Å². The highest BCUT2D eigenvalue weighted by Crippen LogP contribution is 1.80. The second-order valence-corrected chi connectivity index (χ2v) is 1.28. The molecular weight excluding hydrogens is 94.0 g/mol. The van der Waals surface area contributed by atoms with Gasteiger partial charge in [0.05, 0.1) is 12.7 Å². The molecule has 0 bridgehead atoms. The molecule has 0 aliphatic heterocycles. The van der Waals surface area contributed by atoms with Crippen LogP contribution in [0.1, 0.15) is 0 Å².